The molecule has 18 heavy (non-hydrogen) atoms. The number of hydrogen-bond donors (Lipinski definition) is 0. The van der Waals surface area contributed by atoms with Crippen LogP contribution in [0.2, 0.25) is 0 Å². The molecule has 2 aliphatic rings. The third-order valence-electron chi connectivity index (χ3n) is 3.71. The van der Waals surface area contributed by atoms with Crippen molar-refractivity contribution in [2.75, 3.05) is 12.3 Å². The van der Waals surface area contributed by atoms with E-state index in [1.807, 2.05) is 6.07 Å². The summed E-state index contributed by atoms with van der Waals surface area (Å²) in [5.74, 6) is 0.140. The minimum absolute atomic E-state index is 0.00500. The largest absolute Gasteiger partial charge is 0.337 e. The van der Waals surface area contributed by atoms with Crippen molar-refractivity contribution < 1.29 is 13.2 Å². The molecular formula is C12H14N2O3S. The summed E-state index contributed by atoms with van der Waals surface area (Å²) in [7, 11) is -2.93. The van der Waals surface area contributed by atoms with Crippen molar-refractivity contribution in [2.45, 2.75) is 24.1 Å². The third kappa shape index (κ3) is 1.90. The van der Waals surface area contributed by atoms with Crippen LogP contribution in [-0.2, 0) is 21.1 Å². The number of amides is 1. The predicted octanol–water partition coefficient (Wildman–Crippen LogP) is 0.0220. The van der Waals surface area contributed by atoms with Gasteiger partial charge in [0.2, 0.25) is 5.91 Å². The number of fused-ring (bicyclic) bond motifs is 2. The van der Waals surface area contributed by atoms with E-state index in [2.05, 4.69) is 4.98 Å². The Balaban J connectivity index is 1.70. The van der Waals surface area contributed by atoms with Crippen LogP contribution in [0.15, 0.2) is 24.5 Å². The fraction of sp³-hybridized carbons (Fsp3) is 0.500. The van der Waals surface area contributed by atoms with E-state index >= 15 is 0 Å². The Morgan fingerprint density at radius 3 is 2.89 bits per heavy atom. The van der Waals surface area contributed by atoms with Crippen LogP contribution in [0.25, 0.3) is 0 Å². The van der Waals surface area contributed by atoms with Crippen molar-refractivity contribution in [1.82, 2.24) is 9.88 Å². The van der Waals surface area contributed by atoms with E-state index in [9.17, 15) is 13.2 Å². The van der Waals surface area contributed by atoms with E-state index in [0.717, 1.165) is 5.56 Å². The zero-order chi connectivity index (χ0) is 12.8. The van der Waals surface area contributed by atoms with E-state index in [-0.39, 0.29) is 23.0 Å². The summed E-state index contributed by atoms with van der Waals surface area (Å²) in [6.07, 6.45) is 4.25. The fourth-order valence-corrected chi connectivity index (χ4v) is 4.81. The van der Waals surface area contributed by atoms with Crippen LogP contribution in [0.5, 0.6) is 0 Å². The quantitative estimate of drug-likeness (QED) is 0.757. The van der Waals surface area contributed by atoms with Crippen molar-refractivity contribution >= 4 is 15.7 Å². The number of carbonyl (C=O) groups excluding carboxylic acids is 1. The van der Waals surface area contributed by atoms with Crippen LogP contribution in [0.3, 0.4) is 0 Å². The van der Waals surface area contributed by atoms with Gasteiger partial charge in [0.25, 0.3) is 0 Å². The monoisotopic (exact) mass is 266 g/mol. The van der Waals surface area contributed by atoms with E-state index in [4.69, 9.17) is 0 Å². The Labute approximate surface area is 106 Å². The van der Waals surface area contributed by atoms with Gasteiger partial charge in [-0.25, -0.2) is 8.42 Å². The Hall–Kier alpha value is -1.43. The van der Waals surface area contributed by atoms with E-state index in [0.29, 0.717) is 19.4 Å². The van der Waals surface area contributed by atoms with Crippen molar-refractivity contribution in [3.05, 3.63) is 30.1 Å². The molecule has 2 saturated heterocycles. The van der Waals surface area contributed by atoms with E-state index in [1.165, 1.54) is 0 Å². The van der Waals surface area contributed by atoms with Crippen LogP contribution in [0, 0.1) is 0 Å². The molecule has 2 aliphatic heterocycles. The lowest BCUT2D eigenvalue weighted by atomic mass is 10.2. The molecule has 2 unspecified atom stereocenters. The van der Waals surface area contributed by atoms with Crippen molar-refractivity contribution in [3.8, 4) is 0 Å². The molecule has 96 valence electrons. The van der Waals surface area contributed by atoms with Gasteiger partial charge in [0.05, 0.1) is 17.4 Å². The Bertz CT molecular complexity index is 570. The molecular weight excluding hydrogens is 252 g/mol. The summed E-state index contributed by atoms with van der Waals surface area (Å²) >= 11 is 0. The first-order valence-electron chi connectivity index (χ1n) is 5.96. The first-order valence-corrected chi connectivity index (χ1v) is 7.68. The van der Waals surface area contributed by atoms with Crippen LogP contribution in [-0.4, -0.2) is 47.8 Å². The maximum absolute atomic E-state index is 12.1. The van der Waals surface area contributed by atoms with E-state index < -0.39 is 9.84 Å². The van der Waals surface area contributed by atoms with Crippen LogP contribution in [0.1, 0.15) is 12.0 Å². The molecule has 3 rings (SSSR count). The van der Waals surface area contributed by atoms with Gasteiger partial charge in [-0.05, 0) is 18.1 Å². The molecule has 0 aliphatic carbocycles. The average Bonchev–Trinajstić information content (AvgIpc) is 2.85. The van der Waals surface area contributed by atoms with Crippen molar-refractivity contribution in [3.63, 3.8) is 0 Å². The second-order valence-corrected chi connectivity index (χ2v) is 7.25. The number of pyridine rings is 1. The summed E-state index contributed by atoms with van der Waals surface area (Å²) in [6, 6.07) is 3.54. The molecule has 3 heterocycles. The summed E-state index contributed by atoms with van der Waals surface area (Å²) in [4.78, 5) is 17.8. The molecule has 0 radical (unpaired) electrons. The van der Waals surface area contributed by atoms with Gasteiger partial charge >= 0.3 is 0 Å². The first-order chi connectivity index (χ1) is 8.56. The number of likely N-dealkylation sites (tertiary alicyclic amines) is 1. The minimum atomic E-state index is -2.93. The van der Waals surface area contributed by atoms with Crippen LogP contribution >= 0.6 is 0 Å². The van der Waals surface area contributed by atoms with Crippen molar-refractivity contribution in [2.24, 2.45) is 0 Å². The third-order valence-corrected chi connectivity index (χ3v) is 5.91. The van der Waals surface area contributed by atoms with Gasteiger partial charge in [0, 0.05) is 25.0 Å². The van der Waals surface area contributed by atoms with Crippen LogP contribution in [0.4, 0.5) is 0 Å². The number of sulfone groups is 1. The lowest BCUT2D eigenvalue weighted by Crippen LogP contribution is -2.44. The second-order valence-electron chi connectivity index (χ2n) is 4.93. The molecule has 1 aromatic rings. The topological polar surface area (TPSA) is 67.3 Å². The highest BCUT2D eigenvalue weighted by atomic mass is 32.2. The molecule has 0 spiro atoms. The number of aromatic nitrogens is 1. The zero-order valence-electron chi connectivity index (χ0n) is 9.82. The highest BCUT2D eigenvalue weighted by molar-refractivity contribution is 7.92. The molecule has 6 heteroatoms. The molecule has 5 nitrogen and oxygen atoms in total. The summed E-state index contributed by atoms with van der Waals surface area (Å²) < 4.78 is 23.2. The number of hydrogen-bond acceptors (Lipinski definition) is 4. The highest BCUT2D eigenvalue weighted by Crippen LogP contribution is 2.33. The Kier molecular flexibility index (Phi) is 2.62. The smallest absolute Gasteiger partial charge is 0.227 e. The van der Waals surface area contributed by atoms with Gasteiger partial charge < -0.3 is 4.90 Å². The Morgan fingerprint density at radius 1 is 1.50 bits per heavy atom. The first kappa shape index (κ1) is 11.6. The minimum Gasteiger partial charge on any atom is -0.337 e. The van der Waals surface area contributed by atoms with Gasteiger partial charge in [0.1, 0.15) is 0 Å². The molecule has 1 amide bonds. The number of rotatable bonds is 2. The maximum Gasteiger partial charge on any atom is 0.227 e. The lowest BCUT2D eigenvalue weighted by Gasteiger charge is -2.26. The molecule has 2 fully saturated rings. The highest BCUT2D eigenvalue weighted by Gasteiger charge is 2.49. The second kappa shape index (κ2) is 4.05. The van der Waals surface area contributed by atoms with Gasteiger partial charge in [-0.2, -0.15) is 0 Å². The summed E-state index contributed by atoms with van der Waals surface area (Å²) in [5.41, 5.74) is 0.869. The standard InChI is InChI=1S/C12H14N2O3S/c15-12(4-9-2-1-3-13-6-9)14-7-11-5-10(14)8-18(11,16)17/h1-3,6,10-11H,4-5,7-8H2. The molecule has 1 aromatic heterocycles. The molecule has 0 saturated carbocycles. The number of nitrogens with zero attached hydrogens (tertiary/aromatic N) is 2. The molecule has 2 bridgehead atoms. The Morgan fingerprint density at radius 2 is 2.33 bits per heavy atom. The zero-order valence-corrected chi connectivity index (χ0v) is 10.6. The summed E-state index contributed by atoms with van der Waals surface area (Å²) in [5, 5.41) is -0.333. The fourth-order valence-electron chi connectivity index (χ4n) is 2.78. The molecule has 0 aromatic carbocycles. The number of carbonyl (C=O) groups is 1. The van der Waals surface area contributed by atoms with Crippen LogP contribution < -0.4 is 0 Å². The molecule has 2 atom stereocenters. The van der Waals surface area contributed by atoms with Gasteiger partial charge in [-0.3, -0.25) is 9.78 Å². The lowest BCUT2D eigenvalue weighted by molar-refractivity contribution is -0.131. The summed E-state index contributed by atoms with van der Waals surface area (Å²) in [6.45, 7) is 0.367. The van der Waals surface area contributed by atoms with Gasteiger partial charge in [0.15, 0.2) is 9.84 Å². The predicted molar refractivity (Wildman–Crippen MR) is 65.6 cm³/mol. The molecule has 0 N–H and O–H groups in total. The van der Waals surface area contributed by atoms with Crippen molar-refractivity contribution in [1.29, 1.82) is 0 Å². The maximum atomic E-state index is 12.1. The van der Waals surface area contributed by atoms with E-state index in [1.54, 1.807) is 23.4 Å². The van der Waals surface area contributed by atoms with Gasteiger partial charge in [-0.1, -0.05) is 6.07 Å². The normalized spacial score (nSPS) is 28.6. The van der Waals surface area contributed by atoms with Gasteiger partial charge in [-0.15, -0.1) is 0 Å². The SMILES string of the molecule is O=C(Cc1cccnc1)N1CC2CC1CS2(=O)=O. The average molecular weight is 266 g/mol.